The van der Waals surface area contributed by atoms with Crippen molar-refractivity contribution in [3.05, 3.63) is 79.9 Å². The summed E-state index contributed by atoms with van der Waals surface area (Å²) >= 11 is 0. The summed E-state index contributed by atoms with van der Waals surface area (Å²) in [6.07, 6.45) is 9.92. The Morgan fingerprint density at radius 3 is 1.45 bits per heavy atom. The van der Waals surface area contributed by atoms with Gasteiger partial charge in [-0.05, 0) is 27.7 Å². The van der Waals surface area contributed by atoms with E-state index < -0.39 is 20.7 Å². The average molecular weight is 730 g/mol. The molecule has 4 aromatic rings. The predicted octanol–water partition coefficient (Wildman–Crippen LogP) is 0.497. The van der Waals surface area contributed by atoms with Gasteiger partial charge in [0.2, 0.25) is 11.8 Å². The number of hydrogen-bond donors (Lipinski definition) is 5. The summed E-state index contributed by atoms with van der Waals surface area (Å²) in [4.78, 5) is 61.1. The maximum Gasteiger partial charge on any atom is 0.325 e. The van der Waals surface area contributed by atoms with Crippen LogP contribution in [0.25, 0.3) is 0 Å². The zero-order valence-corrected chi connectivity index (χ0v) is 27.9. The number of carbonyl (C=O) groups is 3. The first kappa shape index (κ1) is 42.8. The number of rotatable bonds is 11. The fraction of sp³-hybridized carbons (Fsp3) is 0.375. The Labute approximate surface area is 288 Å². The Bertz CT molecular complexity index is 1650. The SMILES string of the molecule is CC(C)NC(=O)Cn1cc(N)cn1.CC(C)NC(=O)Cn1cc([N+](=O)[O-])cn1.O=C(O)Cn1cc([N+](=O)[O-])cn1.O=[N+]([O-])c1cn[nH]c1.[V]. The number of hydrogen-bond acceptors (Lipinski definition) is 14. The van der Waals surface area contributed by atoms with Crippen LogP contribution in [0.4, 0.5) is 22.7 Å². The van der Waals surface area contributed by atoms with E-state index in [2.05, 4.69) is 36.1 Å². The first-order valence-electron chi connectivity index (χ1n) is 13.5. The third-order valence-electron chi connectivity index (χ3n) is 4.82. The average Bonchev–Trinajstić information content (AvgIpc) is 3.77. The van der Waals surface area contributed by atoms with Gasteiger partial charge in [0.25, 0.3) is 0 Å². The van der Waals surface area contributed by atoms with Gasteiger partial charge >= 0.3 is 23.0 Å². The molecule has 1 radical (unpaired) electrons. The summed E-state index contributed by atoms with van der Waals surface area (Å²) < 4.78 is 3.73. The second kappa shape index (κ2) is 21.6. The van der Waals surface area contributed by atoms with Gasteiger partial charge in [0.15, 0.2) is 0 Å². The Morgan fingerprint density at radius 1 is 0.755 bits per heavy atom. The van der Waals surface area contributed by atoms with Gasteiger partial charge in [0, 0.05) is 36.8 Å². The Kier molecular flexibility index (Phi) is 18.9. The van der Waals surface area contributed by atoms with Crippen LogP contribution in [0.1, 0.15) is 27.7 Å². The number of aromatic amines is 1. The van der Waals surface area contributed by atoms with Crippen LogP contribution in [0.15, 0.2) is 49.6 Å². The second-order valence-corrected chi connectivity index (χ2v) is 9.83. The first-order chi connectivity index (χ1) is 22.5. The van der Waals surface area contributed by atoms with E-state index in [9.17, 15) is 44.7 Å². The molecular weight excluding hydrogens is 695 g/mol. The molecule has 0 bridgehead atoms. The van der Waals surface area contributed by atoms with Crippen LogP contribution in [-0.4, -0.2) is 89.3 Å². The molecule has 6 N–H and O–H groups in total. The van der Waals surface area contributed by atoms with E-state index in [1.807, 2.05) is 27.7 Å². The number of carboxylic acids is 1. The van der Waals surface area contributed by atoms with Gasteiger partial charge in [0.1, 0.15) is 50.6 Å². The zero-order valence-electron chi connectivity index (χ0n) is 26.5. The molecule has 0 fully saturated rings. The molecular formula is C24H34N14O10V. The van der Waals surface area contributed by atoms with Gasteiger partial charge in [-0.2, -0.15) is 20.4 Å². The number of nitrogen functional groups attached to an aromatic ring is 1. The van der Waals surface area contributed by atoms with Crippen molar-refractivity contribution < 1.29 is 52.8 Å². The summed E-state index contributed by atoms with van der Waals surface area (Å²) in [5.74, 6) is -1.37. The number of nitro groups is 3. The van der Waals surface area contributed by atoms with E-state index in [4.69, 9.17) is 10.8 Å². The molecule has 0 aliphatic carbocycles. The van der Waals surface area contributed by atoms with E-state index in [0.717, 1.165) is 29.5 Å². The quantitative estimate of drug-likeness (QED) is 0.104. The summed E-state index contributed by atoms with van der Waals surface area (Å²) in [5, 5.41) is 60.7. The standard InChI is InChI=1S/C8H12N4O3.C8H14N4O.C5H5N3O4.C3H3N3O2.V/c1-6(2)10-8(13)5-11-4-7(3-9-11)12(14)15;1-6(2)11-8(13)5-12-4-7(9)3-10-12;9-5(10)3-7-2-4(1-6-7)8(11)12;7-6(8)3-1-4-5-2-3;/h3-4,6H,5H2,1-2H3,(H,10,13);3-4,6H,5,9H2,1-2H3,(H,11,13);1-2H,3H2,(H,9,10);1-2H,(H,4,5);. The smallest absolute Gasteiger partial charge is 0.325 e. The van der Waals surface area contributed by atoms with Crippen LogP contribution in [0, 0.1) is 30.3 Å². The molecule has 49 heavy (non-hydrogen) atoms. The summed E-state index contributed by atoms with van der Waals surface area (Å²) in [7, 11) is 0. The molecule has 0 atom stereocenters. The van der Waals surface area contributed by atoms with E-state index in [1.165, 1.54) is 28.0 Å². The van der Waals surface area contributed by atoms with Crippen LogP contribution in [0.2, 0.25) is 0 Å². The summed E-state index contributed by atoms with van der Waals surface area (Å²) in [6.45, 7) is 7.34. The number of aliphatic carboxylic acids is 1. The molecule has 0 unspecified atom stereocenters. The van der Waals surface area contributed by atoms with Gasteiger partial charge in [-0.1, -0.05) is 0 Å². The fourth-order valence-corrected chi connectivity index (χ4v) is 3.04. The molecule has 4 heterocycles. The maximum atomic E-state index is 11.3. The molecule has 25 heteroatoms. The van der Waals surface area contributed by atoms with Crippen LogP contribution >= 0.6 is 0 Å². The van der Waals surface area contributed by atoms with Crippen molar-refractivity contribution in [1.82, 2.24) is 50.2 Å². The van der Waals surface area contributed by atoms with Crippen molar-refractivity contribution >= 4 is 40.5 Å². The van der Waals surface area contributed by atoms with E-state index in [0.29, 0.717) is 5.69 Å². The minimum absolute atomic E-state index is 0. The molecule has 0 aliphatic heterocycles. The second-order valence-electron chi connectivity index (χ2n) is 9.83. The number of nitrogens with two attached hydrogens (primary N) is 1. The Morgan fingerprint density at radius 2 is 1.16 bits per heavy atom. The van der Waals surface area contributed by atoms with Gasteiger partial charge in [-0.3, -0.25) is 63.9 Å². The number of anilines is 1. The van der Waals surface area contributed by atoms with Crippen molar-refractivity contribution in [3.63, 3.8) is 0 Å². The monoisotopic (exact) mass is 729 g/mol. The van der Waals surface area contributed by atoms with Crippen LogP contribution < -0.4 is 16.4 Å². The maximum absolute atomic E-state index is 11.3. The number of nitrogens with one attached hydrogen (secondary N) is 3. The minimum Gasteiger partial charge on any atom is -0.480 e. The molecule has 4 rings (SSSR count). The van der Waals surface area contributed by atoms with E-state index in [-0.39, 0.29) is 79.2 Å². The fourth-order valence-electron chi connectivity index (χ4n) is 3.04. The van der Waals surface area contributed by atoms with Crippen molar-refractivity contribution in [2.45, 2.75) is 59.4 Å². The number of carboxylic acid groups (broad SMARTS) is 1. The van der Waals surface area contributed by atoms with Gasteiger partial charge in [-0.15, -0.1) is 0 Å². The van der Waals surface area contributed by atoms with Crippen molar-refractivity contribution in [3.8, 4) is 0 Å². The van der Waals surface area contributed by atoms with Crippen molar-refractivity contribution in [1.29, 1.82) is 0 Å². The molecule has 0 spiro atoms. The third kappa shape index (κ3) is 18.5. The topological polar surface area (TPSA) is 333 Å². The summed E-state index contributed by atoms with van der Waals surface area (Å²) in [6, 6.07) is 0.198. The minimum atomic E-state index is -1.09. The normalized spacial score (nSPS) is 9.76. The molecule has 0 aromatic carbocycles. The first-order valence-corrected chi connectivity index (χ1v) is 13.5. The molecule has 0 saturated carbocycles. The molecule has 0 aliphatic rings. The molecule has 0 saturated heterocycles. The number of nitrogens with zero attached hydrogens (tertiary/aromatic N) is 10. The summed E-state index contributed by atoms with van der Waals surface area (Å²) in [5.41, 5.74) is 5.67. The van der Waals surface area contributed by atoms with Crippen LogP contribution in [0.3, 0.4) is 0 Å². The Balaban J connectivity index is 0.000000634. The number of aromatic nitrogens is 8. The number of H-pyrrole nitrogens is 1. The zero-order chi connectivity index (χ0) is 36.4. The van der Waals surface area contributed by atoms with E-state index >= 15 is 0 Å². The van der Waals surface area contributed by atoms with Gasteiger partial charge in [-0.25, -0.2) is 0 Å². The van der Waals surface area contributed by atoms with Crippen LogP contribution in [0.5, 0.6) is 0 Å². The molecule has 24 nitrogen and oxygen atoms in total. The van der Waals surface area contributed by atoms with Crippen molar-refractivity contribution in [2.75, 3.05) is 5.73 Å². The largest absolute Gasteiger partial charge is 0.480 e. The predicted molar refractivity (Wildman–Crippen MR) is 164 cm³/mol. The number of carbonyl (C=O) groups excluding carboxylic acids is 2. The van der Waals surface area contributed by atoms with E-state index in [1.54, 1.807) is 6.20 Å². The van der Waals surface area contributed by atoms with Crippen molar-refractivity contribution in [2.24, 2.45) is 0 Å². The van der Waals surface area contributed by atoms with Crippen LogP contribution in [-0.2, 0) is 52.6 Å². The number of amides is 2. The van der Waals surface area contributed by atoms with Gasteiger partial charge in [0.05, 0.1) is 32.9 Å². The van der Waals surface area contributed by atoms with Gasteiger partial charge < -0.3 is 21.5 Å². The molecule has 4 aromatic heterocycles. The Hall–Kier alpha value is -6.17. The molecule has 265 valence electrons. The third-order valence-corrected chi connectivity index (χ3v) is 4.82. The molecule has 2 amide bonds.